The molecule has 0 aliphatic heterocycles. The number of rotatable bonds is 2. The van der Waals surface area contributed by atoms with Gasteiger partial charge in [-0.1, -0.05) is 12.1 Å². The van der Waals surface area contributed by atoms with Crippen molar-refractivity contribution < 1.29 is 9.59 Å². The molecule has 0 aliphatic rings. The highest BCUT2D eigenvalue weighted by Gasteiger charge is 2.17. The van der Waals surface area contributed by atoms with E-state index in [1.54, 1.807) is 0 Å². The molecule has 6 aromatic rings. The molecule has 45 heavy (non-hydrogen) atoms. The van der Waals surface area contributed by atoms with E-state index in [2.05, 4.69) is 94.6 Å². The molecule has 0 spiro atoms. The van der Waals surface area contributed by atoms with Crippen molar-refractivity contribution in [2.75, 3.05) is 0 Å². The minimum absolute atomic E-state index is 0.348. The largest absolute Gasteiger partial charge is 0.296 e. The van der Waals surface area contributed by atoms with Gasteiger partial charge >= 0.3 is 0 Å². The maximum Gasteiger partial charge on any atom is 0.169 e. The predicted molar refractivity (Wildman–Crippen MR) is 188 cm³/mol. The third kappa shape index (κ3) is 6.12. The van der Waals surface area contributed by atoms with E-state index in [1.807, 2.05) is 45.6 Å². The number of hydrogen-bond acceptors (Lipinski definition) is 5. The second-order valence-electron chi connectivity index (χ2n) is 12.0. The van der Waals surface area contributed by atoms with Crippen LogP contribution >= 0.6 is 0 Å². The first-order valence-electron chi connectivity index (χ1n) is 15.3. The number of aldehydes is 2. The fourth-order valence-corrected chi connectivity index (χ4v) is 6.17. The third-order valence-corrected chi connectivity index (χ3v) is 9.74. The van der Waals surface area contributed by atoms with Gasteiger partial charge in [0.15, 0.2) is 12.6 Å². The van der Waals surface area contributed by atoms with Crippen LogP contribution in [0.15, 0.2) is 49.1 Å². The number of hydrogen-bond donors (Lipinski definition) is 0. The summed E-state index contributed by atoms with van der Waals surface area (Å²) in [7, 11) is 0. The second kappa shape index (κ2) is 13.5. The zero-order valence-electron chi connectivity index (χ0n) is 28.4. The molecular weight excluding hydrogens is 554 g/mol. The van der Waals surface area contributed by atoms with Crippen LogP contribution in [-0.4, -0.2) is 27.5 Å². The Kier molecular flexibility index (Phi) is 9.92. The van der Waals surface area contributed by atoms with Gasteiger partial charge in [0.25, 0.3) is 0 Å². The van der Waals surface area contributed by atoms with Crippen LogP contribution in [0, 0.1) is 76.2 Å². The highest BCUT2D eigenvalue weighted by molar-refractivity contribution is 6.04. The molecule has 0 N–H and O–H groups in total. The van der Waals surface area contributed by atoms with Crippen LogP contribution in [-0.2, 0) is 0 Å². The van der Waals surface area contributed by atoms with Gasteiger partial charge < -0.3 is 0 Å². The first-order valence-corrected chi connectivity index (χ1v) is 15.3. The van der Waals surface area contributed by atoms with Gasteiger partial charge in [-0.3, -0.25) is 19.6 Å². The van der Waals surface area contributed by atoms with Crippen molar-refractivity contribution in [3.8, 4) is 0 Å². The van der Waals surface area contributed by atoms with Crippen LogP contribution in [0.4, 0.5) is 0 Å². The van der Waals surface area contributed by atoms with E-state index in [0.29, 0.717) is 17.7 Å². The van der Waals surface area contributed by atoms with Crippen molar-refractivity contribution in [3.63, 3.8) is 0 Å². The molecule has 0 saturated carbocycles. The topological polar surface area (TPSA) is 72.8 Å². The Morgan fingerprint density at radius 2 is 0.867 bits per heavy atom. The maximum absolute atomic E-state index is 11.3. The smallest absolute Gasteiger partial charge is 0.169 e. The predicted octanol–water partition coefficient (Wildman–Crippen LogP) is 9.72. The van der Waals surface area contributed by atoms with Crippen molar-refractivity contribution in [2.24, 2.45) is 0 Å². The van der Waals surface area contributed by atoms with Crippen LogP contribution in [0.25, 0.3) is 32.3 Å². The van der Waals surface area contributed by atoms with Crippen LogP contribution in [0.1, 0.15) is 82.2 Å². The molecule has 0 atom stereocenters. The summed E-state index contributed by atoms with van der Waals surface area (Å²) in [5, 5.41) is 7.05. The van der Waals surface area contributed by atoms with Gasteiger partial charge in [0.2, 0.25) is 0 Å². The highest BCUT2D eigenvalue weighted by Crippen LogP contribution is 2.33. The average molecular weight is 598 g/mol. The Hall–Kier alpha value is -4.77. The van der Waals surface area contributed by atoms with E-state index in [1.165, 1.54) is 66.1 Å². The normalized spacial score (nSPS) is 10.7. The molecule has 3 aromatic heterocycles. The van der Waals surface area contributed by atoms with Crippen molar-refractivity contribution in [2.45, 2.75) is 76.2 Å². The van der Waals surface area contributed by atoms with Gasteiger partial charge in [0, 0.05) is 40.9 Å². The number of nitrogens with zero attached hydrogens (tertiary/aromatic N) is 3. The van der Waals surface area contributed by atoms with Gasteiger partial charge in [0.1, 0.15) is 11.4 Å². The fraction of sp³-hybridized carbons (Fsp3) is 0.275. The summed E-state index contributed by atoms with van der Waals surface area (Å²) in [4.78, 5) is 34.9. The van der Waals surface area contributed by atoms with E-state index >= 15 is 0 Å². The Morgan fingerprint density at radius 1 is 0.422 bits per heavy atom. The molecule has 5 nitrogen and oxygen atoms in total. The molecular formula is C40H43N3O2. The van der Waals surface area contributed by atoms with Gasteiger partial charge in [-0.25, -0.2) is 4.98 Å². The van der Waals surface area contributed by atoms with Gasteiger partial charge in [0.05, 0.1) is 0 Å². The summed E-state index contributed by atoms with van der Waals surface area (Å²) in [5.74, 6) is 0. The molecule has 5 heteroatoms. The maximum atomic E-state index is 11.3. The van der Waals surface area contributed by atoms with Crippen LogP contribution in [0.3, 0.4) is 0 Å². The summed E-state index contributed by atoms with van der Waals surface area (Å²) in [6.07, 6.45) is 9.04. The highest BCUT2D eigenvalue weighted by atomic mass is 16.1. The Bertz CT molecular complexity index is 2020. The minimum Gasteiger partial charge on any atom is -0.296 e. The van der Waals surface area contributed by atoms with Crippen LogP contribution < -0.4 is 0 Å². The van der Waals surface area contributed by atoms with E-state index in [0.717, 1.165) is 33.7 Å². The number of carbonyl (C=O) groups is 2. The molecule has 0 saturated heterocycles. The van der Waals surface area contributed by atoms with E-state index in [-0.39, 0.29) is 0 Å². The monoisotopic (exact) mass is 597 g/mol. The standard InChI is InChI=1S/C16H17NO2.C13H15N.C11H11N/c1-8-9(2)11(4)16-14(7-19)17-13(6-18)12(5)15(16)10(8)3;1-8-9(2)11(4)13-7-14-6-5-12(13)10(8)3;1-8-3-4-9(2)11-7-12-6-5-10(8)11/h6-7H,1-5H3;5-7H,1-4H3;3-7H,1-2H3. The minimum atomic E-state index is 0.348. The number of benzene rings is 3. The SMILES string of the molecule is Cc1c(C)c(C)c2c(C)c(C=O)nc(C=O)c2c1C.Cc1c(C)c(C)c2cnccc2c1C.Cc1ccc(C)c2cnccc12. The number of carbonyl (C=O) groups excluding carboxylic acids is 2. The number of fused-ring (bicyclic) bond motifs is 3. The van der Waals surface area contributed by atoms with Crippen molar-refractivity contribution >= 4 is 44.9 Å². The van der Waals surface area contributed by atoms with Gasteiger partial charge in [-0.2, -0.15) is 0 Å². The van der Waals surface area contributed by atoms with Crippen LogP contribution in [0.2, 0.25) is 0 Å². The van der Waals surface area contributed by atoms with Gasteiger partial charge in [-0.05, 0) is 166 Å². The summed E-state index contributed by atoms with van der Waals surface area (Å²) in [5.41, 5.74) is 14.2. The Morgan fingerprint density at radius 3 is 1.40 bits per heavy atom. The molecule has 0 unspecified atom stereocenters. The zero-order valence-corrected chi connectivity index (χ0v) is 28.4. The van der Waals surface area contributed by atoms with E-state index in [4.69, 9.17) is 0 Å². The summed E-state index contributed by atoms with van der Waals surface area (Å²) in [6.45, 7) is 23.0. The van der Waals surface area contributed by atoms with Crippen molar-refractivity contribution in [1.29, 1.82) is 0 Å². The van der Waals surface area contributed by atoms with Crippen molar-refractivity contribution in [1.82, 2.24) is 15.0 Å². The molecule has 0 bridgehead atoms. The lowest BCUT2D eigenvalue weighted by atomic mass is 9.88. The summed E-state index contributed by atoms with van der Waals surface area (Å²) >= 11 is 0. The van der Waals surface area contributed by atoms with Gasteiger partial charge in [-0.15, -0.1) is 0 Å². The molecule has 230 valence electrons. The first kappa shape index (κ1) is 33.1. The number of aromatic nitrogens is 3. The molecule has 3 heterocycles. The summed E-state index contributed by atoms with van der Waals surface area (Å²) in [6, 6.07) is 8.46. The van der Waals surface area contributed by atoms with E-state index in [9.17, 15) is 9.59 Å². The van der Waals surface area contributed by atoms with Crippen LogP contribution in [0.5, 0.6) is 0 Å². The fourth-order valence-electron chi connectivity index (χ4n) is 6.17. The van der Waals surface area contributed by atoms with Crippen molar-refractivity contribution in [3.05, 3.63) is 122 Å². The third-order valence-electron chi connectivity index (χ3n) is 9.74. The lowest BCUT2D eigenvalue weighted by Crippen LogP contribution is -2.05. The second-order valence-corrected chi connectivity index (χ2v) is 12.0. The lowest BCUT2D eigenvalue weighted by molar-refractivity contribution is 0.111. The Balaban J connectivity index is 0.000000158. The molecule has 0 aliphatic carbocycles. The average Bonchev–Trinajstić information content (AvgIpc) is 3.06. The molecule has 0 fully saturated rings. The quantitative estimate of drug-likeness (QED) is 0.186. The molecule has 3 aromatic carbocycles. The molecule has 0 radical (unpaired) electrons. The number of pyridine rings is 3. The number of aryl methyl sites for hydroxylation is 7. The summed E-state index contributed by atoms with van der Waals surface area (Å²) < 4.78 is 0. The van der Waals surface area contributed by atoms with E-state index < -0.39 is 0 Å². The lowest BCUT2D eigenvalue weighted by Gasteiger charge is -2.17. The first-order chi connectivity index (χ1) is 21.3. The molecule has 6 rings (SSSR count). The zero-order chi connectivity index (χ0) is 33.2. The molecule has 0 amide bonds. The Labute approximate surface area is 266 Å².